The maximum Gasteiger partial charge on any atom is 0.504 e. The fraction of sp³-hybridized carbons (Fsp3) is 0.615. The highest BCUT2D eigenvalue weighted by molar-refractivity contribution is 7.38. The molecule has 4 heterocycles. The number of anilines is 1. The molecule has 2 bridgehead atoms. The zero-order valence-electron chi connectivity index (χ0n) is 13.4. The maximum atomic E-state index is 11.9. The summed E-state index contributed by atoms with van der Waals surface area (Å²) in [6.07, 6.45) is -1.57. The molecular weight excluding hydrogens is 353 g/mol. The number of imidazole rings is 1. The molecule has 0 aromatic carbocycles. The molecule has 0 saturated carbocycles. The van der Waals surface area contributed by atoms with Crippen LogP contribution in [0.1, 0.15) is 13.2 Å². The first-order chi connectivity index (χ1) is 11.8. The predicted octanol–water partition coefficient (Wildman–Crippen LogP) is -0.494. The van der Waals surface area contributed by atoms with E-state index in [1.807, 2.05) is 0 Å². The average molecular weight is 370 g/mol. The number of aromatic amines is 1. The molecule has 25 heavy (non-hydrogen) atoms. The number of hydrogen-bond donors (Lipinski definition) is 3. The van der Waals surface area contributed by atoms with Crippen LogP contribution in [-0.4, -0.2) is 61.8 Å². The first-order valence-electron chi connectivity index (χ1n) is 7.61. The SMILES string of the molecule is C[C@H]1O[C@H]2[C@H](n3cnc4c(=O)[nH]c(N)nc43)O[C@]1(CO[P+](C)=O)[C@H]2O. The van der Waals surface area contributed by atoms with Gasteiger partial charge in [-0.2, -0.15) is 4.98 Å². The lowest BCUT2D eigenvalue weighted by Crippen LogP contribution is -2.49. The Bertz CT molecular complexity index is 914. The largest absolute Gasteiger partial charge is 0.504 e. The number of aromatic nitrogens is 4. The van der Waals surface area contributed by atoms with Gasteiger partial charge in [0, 0.05) is 0 Å². The van der Waals surface area contributed by atoms with Crippen LogP contribution in [0.15, 0.2) is 11.1 Å². The summed E-state index contributed by atoms with van der Waals surface area (Å²) in [5.74, 6) is -0.0572. The number of H-pyrrole nitrogens is 1. The van der Waals surface area contributed by atoms with Crippen LogP contribution in [-0.2, 0) is 18.6 Å². The van der Waals surface area contributed by atoms with Crippen LogP contribution in [0.5, 0.6) is 0 Å². The van der Waals surface area contributed by atoms with Crippen LogP contribution in [0, 0.1) is 0 Å². The minimum atomic E-state index is -1.86. The van der Waals surface area contributed by atoms with Gasteiger partial charge >= 0.3 is 8.03 Å². The molecule has 2 fully saturated rings. The van der Waals surface area contributed by atoms with Crippen molar-refractivity contribution >= 4 is 25.1 Å². The Morgan fingerprint density at radius 3 is 3.08 bits per heavy atom. The summed E-state index contributed by atoms with van der Waals surface area (Å²) in [6.45, 7) is 3.08. The van der Waals surface area contributed by atoms with E-state index in [-0.39, 0.29) is 23.7 Å². The second kappa shape index (κ2) is 5.55. The van der Waals surface area contributed by atoms with E-state index in [0.717, 1.165) is 0 Å². The summed E-state index contributed by atoms with van der Waals surface area (Å²) < 4.78 is 29.9. The fourth-order valence-electron chi connectivity index (χ4n) is 3.40. The minimum Gasteiger partial charge on any atom is -0.387 e. The van der Waals surface area contributed by atoms with Crippen molar-refractivity contribution in [2.75, 3.05) is 19.0 Å². The number of fused-ring (bicyclic) bond motifs is 3. The second-order valence-electron chi connectivity index (χ2n) is 6.14. The van der Waals surface area contributed by atoms with Crippen LogP contribution in [0.25, 0.3) is 11.2 Å². The topological polar surface area (TPSA) is 155 Å². The Morgan fingerprint density at radius 2 is 2.36 bits per heavy atom. The zero-order valence-corrected chi connectivity index (χ0v) is 14.3. The van der Waals surface area contributed by atoms with Crippen LogP contribution in [0.4, 0.5) is 5.95 Å². The van der Waals surface area contributed by atoms with Gasteiger partial charge in [-0.15, -0.1) is 4.52 Å². The Hall–Kier alpha value is -1.91. The van der Waals surface area contributed by atoms with Gasteiger partial charge in [0.05, 0.1) is 12.4 Å². The molecule has 0 amide bonds. The van der Waals surface area contributed by atoms with Gasteiger partial charge in [-0.1, -0.05) is 0 Å². The number of nitrogens with one attached hydrogen (secondary N) is 1. The third kappa shape index (κ3) is 2.31. The van der Waals surface area contributed by atoms with E-state index < -0.39 is 43.7 Å². The van der Waals surface area contributed by atoms with E-state index in [0.29, 0.717) is 0 Å². The lowest BCUT2D eigenvalue weighted by molar-refractivity contribution is -0.213. The standard InChI is InChI=1S/C13H16N5O6P/c1-5-13(3-22-25(2)21)8(19)7(23-5)11(24-13)18-4-15-6-9(18)16-12(14)17-10(6)20/h4-5,7-8,11,19H,3H2,1-2H3,(H2-,14,16,17,20)/p+1/t5-,7-,8+,11-,13+/m1/s1. The molecule has 11 nitrogen and oxygen atoms in total. The summed E-state index contributed by atoms with van der Waals surface area (Å²) in [4.78, 5) is 22.4. The predicted molar refractivity (Wildman–Crippen MR) is 85.2 cm³/mol. The van der Waals surface area contributed by atoms with Crippen molar-refractivity contribution in [3.63, 3.8) is 0 Å². The van der Waals surface area contributed by atoms with Crippen molar-refractivity contribution < 1.29 is 23.7 Å². The van der Waals surface area contributed by atoms with Crippen molar-refractivity contribution in [2.24, 2.45) is 0 Å². The molecule has 2 aliphatic rings. The van der Waals surface area contributed by atoms with E-state index in [1.54, 1.807) is 6.92 Å². The third-order valence-corrected chi connectivity index (χ3v) is 5.17. The summed E-state index contributed by atoms with van der Waals surface area (Å²) in [5.41, 5.74) is 4.29. The minimum absolute atomic E-state index is 0.0572. The van der Waals surface area contributed by atoms with Crippen molar-refractivity contribution in [2.45, 2.75) is 37.1 Å². The van der Waals surface area contributed by atoms with E-state index in [4.69, 9.17) is 19.7 Å². The normalized spacial score (nSPS) is 34.8. The fourth-order valence-corrected chi connectivity index (χ4v) is 3.78. The van der Waals surface area contributed by atoms with Gasteiger partial charge in [0.25, 0.3) is 5.56 Å². The van der Waals surface area contributed by atoms with Crippen molar-refractivity contribution in [1.82, 2.24) is 19.5 Å². The summed E-state index contributed by atoms with van der Waals surface area (Å²) >= 11 is 0. The molecule has 2 aromatic rings. The van der Waals surface area contributed by atoms with Crippen LogP contribution in [0.3, 0.4) is 0 Å². The highest BCUT2D eigenvalue weighted by atomic mass is 31.1. The molecule has 12 heteroatoms. The van der Waals surface area contributed by atoms with Gasteiger partial charge in [-0.25, -0.2) is 4.98 Å². The second-order valence-corrected chi connectivity index (χ2v) is 7.28. The van der Waals surface area contributed by atoms with E-state index in [9.17, 15) is 14.5 Å². The Morgan fingerprint density at radius 1 is 1.60 bits per heavy atom. The number of aliphatic hydroxyl groups is 1. The Balaban J connectivity index is 1.74. The molecule has 6 atom stereocenters. The first-order valence-corrected chi connectivity index (χ1v) is 9.23. The number of aliphatic hydroxyl groups excluding tert-OH is 1. The molecule has 2 aliphatic heterocycles. The van der Waals surface area contributed by atoms with Crippen LogP contribution < -0.4 is 11.3 Å². The van der Waals surface area contributed by atoms with Gasteiger partial charge in [0.1, 0.15) is 18.8 Å². The van der Waals surface area contributed by atoms with Crippen molar-refractivity contribution in [3.8, 4) is 0 Å². The molecule has 0 aliphatic carbocycles. The zero-order chi connectivity index (χ0) is 17.9. The molecular formula is C13H17N5O6P+. The maximum absolute atomic E-state index is 11.9. The molecule has 0 radical (unpaired) electrons. The highest BCUT2D eigenvalue weighted by Crippen LogP contribution is 2.49. The van der Waals surface area contributed by atoms with Crippen LogP contribution >= 0.6 is 8.03 Å². The third-order valence-electron chi connectivity index (χ3n) is 4.68. The Kier molecular flexibility index (Phi) is 3.67. The number of nitrogen functional groups attached to an aromatic ring is 1. The van der Waals surface area contributed by atoms with Gasteiger partial charge in [0.15, 0.2) is 29.7 Å². The Labute approximate surface area is 142 Å². The highest BCUT2D eigenvalue weighted by Gasteiger charge is 2.66. The molecule has 1 unspecified atom stereocenters. The number of hydrogen-bond acceptors (Lipinski definition) is 9. The van der Waals surface area contributed by atoms with E-state index in [1.165, 1.54) is 17.6 Å². The van der Waals surface area contributed by atoms with Crippen LogP contribution in [0.2, 0.25) is 0 Å². The summed E-state index contributed by atoms with van der Waals surface area (Å²) in [5, 5.41) is 10.6. The summed E-state index contributed by atoms with van der Waals surface area (Å²) in [7, 11) is -1.86. The number of nitrogens with two attached hydrogens (primary N) is 1. The van der Waals surface area contributed by atoms with Gasteiger partial charge in [-0.05, 0) is 11.5 Å². The molecule has 2 aromatic heterocycles. The lowest BCUT2D eigenvalue weighted by atomic mass is 9.94. The summed E-state index contributed by atoms with van der Waals surface area (Å²) in [6, 6.07) is 0. The molecule has 4 N–H and O–H groups in total. The average Bonchev–Trinajstić information content (AvgIpc) is 3.14. The van der Waals surface area contributed by atoms with Gasteiger partial charge in [-0.3, -0.25) is 14.3 Å². The van der Waals surface area contributed by atoms with E-state index in [2.05, 4.69) is 15.0 Å². The van der Waals surface area contributed by atoms with Crippen molar-refractivity contribution in [3.05, 3.63) is 16.7 Å². The van der Waals surface area contributed by atoms with Gasteiger partial charge < -0.3 is 20.3 Å². The monoisotopic (exact) mass is 370 g/mol. The smallest absolute Gasteiger partial charge is 0.387 e. The number of ether oxygens (including phenoxy) is 2. The van der Waals surface area contributed by atoms with Crippen molar-refractivity contribution in [1.29, 1.82) is 0 Å². The van der Waals surface area contributed by atoms with Gasteiger partial charge in [0.2, 0.25) is 5.95 Å². The quantitative estimate of drug-likeness (QED) is 0.604. The number of nitrogens with zero attached hydrogens (tertiary/aromatic N) is 3. The lowest BCUT2D eigenvalue weighted by Gasteiger charge is -2.34. The molecule has 2 saturated heterocycles. The van der Waals surface area contributed by atoms with E-state index >= 15 is 0 Å². The number of rotatable bonds is 4. The molecule has 0 spiro atoms. The molecule has 4 rings (SSSR count). The molecule has 134 valence electrons. The first kappa shape index (κ1) is 16.6.